The number of carboxylic acids is 1. The number of carboxylic acid groups (broad SMARTS) is 1. The van der Waals surface area contributed by atoms with Gasteiger partial charge < -0.3 is 92.1 Å². The molecule has 0 aromatic heterocycles. The molecule has 0 aliphatic carbocycles. The van der Waals surface area contributed by atoms with E-state index in [0.717, 1.165) is 13.8 Å². The van der Waals surface area contributed by atoms with Crippen molar-refractivity contribution in [3.63, 3.8) is 0 Å². The van der Waals surface area contributed by atoms with Gasteiger partial charge in [-0.05, 0) is 39.2 Å². The van der Waals surface area contributed by atoms with E-state index in [9.17, 15) is 82.6 Å². The summed E-state index contributed by atoms with van der Waals surface area (Å²) in [6.07, 6.45) is -16.5. The number of nitrogens with two attached hydrogens (primary N) is 1. The van der Waals surface area contributed by atoms with Crippen LogP contribution in [0.5, 0.6) is 0 Å². The number of amides is 5. The largest absolute Gasteiger partial charge is 0.480 e. The highest BCUT2D eigenvalue weighted by Gasteiger charge is 2.51. The Labute approximate surface area is 371 Å². The molecule has 1 unspecified atom stereocenters. The number of aliphatic hydroxyl groups is 7. The van der Waals surface area contributed by atoms with Crippen LogP contribution < -0.4 is 37.6 Å². The zero-order chi connectivity index (χ0) is 48.9. The van der Waals surface area contributed by atoms with E-state index in [-0.39, 0.29) is 25.8 Å². The van der Waals surface area contributed by atoms with Crippen LogP contribution in [-0.4, -0.2) is 226 Å². The maximum atomic E-state index is 14.1. The predicted octanol–water partition coefficient (Wildman–Crippen LogP) is -9.13. The van der Waals surface area contributed by atoms with Gasteiger partial charge in [-0.15, -0.1) is 0 Å². The molecule has 0 saturated carbocycles. The normalized spacial score (nSPS) is 32.3. The summed E-state index contributed by atoms with van der Waals surface area (Å²) in [6.45, 7) is -0.108. The van der Waals surface area contributed by atoms with Gasteiger partial charge in [0.1, 0.15) is 66.8 Å². The number of ether oxygens (including phenoxy) is 4. The van der Waals surface area contributed by atoms with Crippen LogP contribution in [0, 0.1) is 0 Å². The maximum absolute atomic E-state index is 14.1. The minimum absolute atomic E-state index is 0.108. The number of carbonyl (C=O) groups excluding carboxylic acids is 5. The first kappa shape index (κ1) is 55.5. The zero-order valence-corrected chi connectivity index (χ0v) is 36.3. The molecule has 17 N–H and O–H groups in total. The monoisotopic (exact) mass is 963 g/mol. The summed E-state index contributed by atoms with van der Waals surface area (Å²) in [4.78, 5) is 77.4. The van der Waals surface area contributed by atoms with E-state index in [0.29, 0.717) is 6.42 Å². The van der Waals surface area contributed by atoms with Gasteiger partial charge in [0, 0.05) is 13.8 Å². The van der Waals surface area contributed by atoms with E-state index in [1.165, 1.54) is 6.92 Å². The van der Waals surface area contributed by atoms with Crippen LogP contribution >= 0.6 is 0 Å². The minimum Gasteiger partial charge on any atom is -0.480 e. The van der Waals surface area contributed by atoms with Crippen LogP contribution in [0.2, 0.25) is 0 Å². The topological polar surface area (TPSA) is 463 Å². The average molecular weight is 964 g/mol. The quantitative estimate of drug-likeness (QED) is 0.0315. The summed E-state index contributed by atoms with van der Waals surface area (Å²) in [7, 11) is -5.21. The van der Waals surface area contributed by atoms with Gasteiger partial charge in [-0.1, -0.05) is 0 Å². The predicted molar refractivity (Wildman–Crippen MR) is 212 cm³/mol. The highest BCUT2D eigenvalue weighted by molar-refractivity contribution is 7.80. The number of aliphatic carboxylic acids is 1. The van der Waals surface area contributed by atoms with E-state index in [1.54, 1.807) is 0 Å². The zero-order valence-electron chi connectivity index (χ0n) is 35.5. The summed E-state index contributed by atoms with van der Waals surface area (Å²) in [5.41, 5.74) is 5.66. The molecule has 3 saturated heterocycles. The fourth-order valence-corrected chi connectivity index (χ4v) is 7.86. The van der Waals surface area contributed by atoms with E-state index in [2.05, 4.69) is 30.8 Å². The third-order valence-electron chi connectivity index (χ3n) is 10.6. The second-order valence-electron chi connectivity index (χ2n) is 15.5. The van der Waals surface area contributed by atoms with Crippen molar-refractivity contribution in [3.05, 3.63) is 0 Å². The van der Waals surface area contributed by atoms with E-state index >= 15 is 0 Å². The molecule has 65 heavy (non-hydrogen) atoms. The Morgan fingerprint density at radius 3 is 1.92 bits per heavy atom. The molecule has 374 valence electrons. The Hall–Kier alpha value is -3.83. The Kier molecular flexibility index (Phi) is 21.6. The molecule has 29 nitrogen and oxygen atoms in total. The molecule has 17 atom stereocenters. The maximum Gasteiger partial charge on any atom is 0.397 e. The number of rotatable bonds is 24. The Balaban J connectivity index is 1.88. The highest BCUT2D eigenvalue weighted by atomic mass is 32.3. The Morgan fingerprint density at radius 1 is 0.800 bits per heavy atom. The SMILES string of the molecule is CC(=O)N[C@H]1[C@H](O[C@H](C)[C@H](NC(=O)[C@H](CCCCN)NC(=O)[C@@H]2C[C@@H](O[C@H]3O[C@H](CO)[C@@H](OS(=O)(=O)O)[C@H](O)[C@H]3NC(C)=O)C(CO)N2)C(=O)N[C@@H](CO)C(=O)O)O[C@H](CO)[C@@H](O)[C@H]1O. The molecule has 0 radical (unpaired) electrons. The van der Waals surface area contributed by atoms with Crippen molar-refractivity contribution >= 4 is 45.9 Å². The van der Waals surface area contributed by atoms with Crippen LogP contribution in [0.25, 0.3) is 0 Å². The fourth-order valence-electron chi connectivity index (χ4n) is 7.34. The van der Waals surface area contributed by atoms with Crippen molar-refractivity contribution in [1.29, 1.82) is 0 Å². The van der Waals surface area contributed by atoms with Crippen LogP contribution in [0.4, 0.5) is 0 Å². The molecule has 3 rings (SSSR count). The molecule has 3 aliphatic rings. The molecule has 3 heterocycles. The van der Waals surface area contributed by atoms with E-state index < -0.39 is 176 Å². The van der Waals surface area contributed by atoms with Gasteiger partial charge in [-0.25, -0.2) is 8.98 Å². The first-order valence-corrected chi connectivity index (χ1v) is 21.8. The number of aliphatic hydroxyl groups excluding tert-OH is 7. The molecular weight excluding hydrogens is 902 g/mol. The van der Waals surface area contributed by atoms with Gasteiger partial charge in [0.2, 0.25) is 29.5 Å². The fraction of sp³-hybridized carbons (Fsp3) is 0.829. The number of nitrogens with one attached hydrogen (secondary N) is 6. The molecule has 0 bridgehead atoms. The standard InChI is InChI=1S/C35H61N7O22S/c1-13(60-34-24(37-14(2)47)27(50)26(49)21(11-45)62-34)23(32(54)41-19(10-44)33(55)56)42-30(52)16(6-4-5-7-36)40-31(53)17-8-20(18(9-43)39-17)61-35-25(38-15(3)48)28(51)29(22(12-46)63-35)64-65(57,58)59/h13,16-29,34-35,39,43-46,49-51H,4-12,36H2,1-3H3,(H,37,47)(H,38,48)(H,40,53)(H,41,54)(H,42,52)(H,55,56)(H,57,58,59)/t13-,16+,17+,18?,19+,20-,21-,22-,23+,24-,25-,26-,27+,28-,29-,34-,35+/m1/s1. The van der Waals surface area contributed by atoms with Gasteiger partial charge in [0.05, 0.1) is 50.7 Å². The molecular formula is C35H61N7O22S. The summed E-state index contributed by atoms with van der Waals surface area (Å²) in [6, 6.07) is -10.7. The number of hydrogen-bond donors (Lipinski definition) is 16. The second-order valence-corrected chi connectivity index (χ2v) is 16.6. The molecule has 5 amide bonds. The van der Waals surface area contributed by atoms with Crippen LogP contribution in [0.1, 0.15) is 46.5 Å². The first-order chi connectivity index (χ1) is 30.5. The van der Waals surface area contributed by atoms with Gasteiger partial charge in [-0.3, -0.25) is 33.8 Å². The summed E-state index contributed by atoms with van der Waals surface area (Å²) in [5.74, 6) is -6.29. The molecule has 0 aromatic carbocycles. The molecule has 3 aliphatic heterocycles. The number of hydrogen-bond acceptors (Lipinski definition) is 22. The minimum atomic E-state index is -5.21. The van der Waals surface area contributed by atoms with Gasteiger partial charge >= 0.3 is 16.4 Å². The van der Waals surface area contributed by atoms with Crippen molar-refractivity contribution in [2.45, 2.75) is 150 Å². The Morgan fingerprint density at radius 2 is 1.40 bits per heavy atom. The van der Waals surface area contributed by atoms with Crippen molar-refractivity contribution in [3.8, 4) is 0 Å². The van der Waals surface area contributed by atoms with Gasteiger partial charge in [-0.2, -0.15) is 8.42 Å². The average Bonchev–Trinajstić information content (AvgIpc) is 3.65. The number of unbranched alkanes of at least 4 members (excludes halogenated alkanes) is 1. The van der Waals surface area contributed by atoms with Crippen molar-refractivity contribution in [2.75, 3.05) is 33.0 Å². The molecule has 30 heteroatoms. The van der Waals surface area contributed by atoms with Crippen molar-refractivity contribution in [1.82, 2.24) is 31.9 Å². The van der Waals surface area contributed by atoms with Crippen LogP contribution in [0.15, 0.2) is 0 Å². The number of carbonyl (C=O) groups is 6. The summed E-state index contributed by atoms with van der Waals surface area (Å²) >= 11 is 0. The summed E-state index contributed by atoms with van der Waals surface area (Å²) < 4.78 is 59.7. The lowest BCUT2D eigenvalue weighted by molar-refractivity contribution is -0.281. The van der Waals surface area contributed by atoms with Crippen molar-refractivity contribution in [2.24, 2.45) is 5.73 Å². The smallest absolute Gasteiger partial charge is 0.397 e. The molecule has 0 spiro atoms. The van der Waals surface area contributed by atoms with Crippen LogP contribution in [-0.2, 0) is 62.3 Å². The first-order valence-electron chi connectivity index (χ1n) is 20.4. The van der Waals surface area contributed by atoms with Crippen molar-refractivity contribution < 1.29 is 106 Å². The molecule has 3 fully saturated rings. The van der Waals surface area contributed by atoms with E-state index in [1.807, 2.05) is 5.32 Å². The lowest BCUT2D eigenvalue weighted by Gasteiger charge is -2.44. The third-order valence-corrected chi connectivity index (χ3v) is 11.1. The Bertz CT molecular complexity index is 1740. The van der Waals surface area contributed by atoms with Gasteiger partial charge in [0.15, 0.2) is 12.6 Å². The second kappa shape index (κ2) is 25.3. The van der Waals surface area contributed by atoms with Crippen LogP contribution in [0.3, 0.4) is 0 Å². The third kappa shape index (κ3) is 15.6. The summed E-state index contributed by atoms with van der Waals surface area (Å²) in [5, 5.41) is 95.6. The van der Waals surface area contributed by atoms with E-state index in [4.69, 9.17) is 24.7 Å². The molecule has 0 aromatic rings. The lowest BCUT2D eigenvalue weighted by Crippen LogP contribution is -2.66. The lowest BCUT2D eigenvalue weighted by atomic mass is 9.96. The van der Waals surface area contributed by atoms with Gasteiger partial charge in [0.25, 0.3) is 0 Å². The highest BCUT2D eigenvalue weighted by Crippen LogP contribution is 2.29.